The molecule has 0 bridgehead atoms. The van der Waals surface area contributed by atoms with Gasteiger partial charge in [-0.3, -0.25) is 0 Å². The highest BCUT2D eigenvalue weighted by molar-refractivity contribution is 6.29. The van der Waals surface area contributed by atoms with Crippen LogP contribution in [0.1, 0.15) is 0 Å². The van der Waals surface area contributed by atoms with Gasteiger partial charge in [-0.05, 0) is 87.4 Å². The molecule has 0 saturated heterocycles. The molecule has 13 rings (SSSR count). The Balaban J connectivity index is 1.01. The summed E-state index contributed by atoms with van der Waals surface area (Å²) in [5.41, 5.74) is 12.8. The third-order valence-corrected chi connectivity index (χ3v) is 12.4. The molecule has 0 aliphatic carbocycles. The van der Waals surface area contributed by atoms with E-state index in [1.54, 1.807) is 0 Å². The van der Waals surface area contributed by atoms with Crippen molar-refractivity contribution in [3.05, 3.63) is 212 Å². The normalized spacial score (nSPS) is 11.9. The second-order valence-corrected chi connectivity index (χ2v) is 16.0. The van der Waals surface area contributed by atoms with Crippen molar-refractivity contribution in [1.29, 1.82) is 0 Å². The molecule has 10 aromatic carbocycles. The van der Waals surface area contributed by atoms with Gasteiger partial charge in [0.2, 0.25) is 0 Å². The first-order valence-corrected chi connectivity index (χ1v) is 21.0. The summed E-state index contributed by atoms with van der Waals surface area (Å²) in [5.74, 6) is 0.878. The molecule has 0 atom stereocenters. The van der Waals surface area contributed by atoms with Crippen LogP contribution < -0.4 is 4.90 Å². The van der Waals surface area contributed by atoms with Crippen molar-refractivity contribution < 1.29 is 13.3 Å². The van der Waals surface area contributed by atoms with Gasteiger partial charge in [-0.2, -0.15) is 0 Å². The number of hydrogen-bond acceptors (Lipinski definition) is 4. The molecule has 0 spiro atoms. The van der Waals surface area contributed by atoms with Crippen molar-refractivity contribution in [1.82, 2.24) is 0 Å². The van der Waals surface area contributed by atoms with Gasteiger partial charge in [0.25, 0.3) is 0 Å². The lowest BCUT2D eigenvalue weighted by Gasteiger charge is -2.26. The first kappa shape index (κ1) is 34.5. The summed E-state index contributed by atoms with van der Waals surface area (Å²) in [5, 5.41) is 10.1. The fourth-order valence-corrected chi connectivity index (χ4v) is 9.61. The number of nitrogens with zero attached hydrogens (tertiary/aromatic N) is 1. The maximum absolute atomic E-state index is 6.97. The van der Waals surface area contributed by atoms with Crippen molar-refractivity contribution >= 4 is 93.5 Å². The highest BCUT2D eigenvalue weighted by Gasteiger charge is 2.24. The first-order chi connectivity index (χ1) is 30.7. The Morgan fingerprint density at radius 3 is 1.44 bits per heavy atom. The topological polar surface area (TPSA) is 42.7 Å². The number of para-hydroxylation sites is 2. The first-order valence-electron chi connectivity index (χ1n) is 21.0. The third-order valence-electron chi connectivity index (χ3n) is 12.4. The van der Waals surface area contributed by atoms with E-state index in [4.69, 9.17) is 13.3 Å². The van der Waals surface area contributed by atoms with Crippen molar-refractivity contribution in [3.8, 4) is 33.6 Å². The molecule has 0 unspecified atom stereocenters. The van der Waals surface area contributed by atoms with Gasteiger partial charge in [0.1, 0.15) is 33.7 Å². The van der Waals surface area contributed by atoms with Crippen LogP contribution >= 0.6 is 0 Å². The van der Waals surface area contributed by atoms with Gasteiger partial charge >= 0.3 is 0 Å². The molecule has 0 fully saturated rings. The summed E-state index contributed by atoms with van der Waals surface area (Å²) in [6, 6.07) is 74.9. The van der Waals surface area contributed by atoms with Crippen molar-refractivity contribution in [2.45, 2.75) is 0 Å². The van der Waals surface area contributed by atoms with Crippen LogP contribution in [0.2, 0.25) is 0 Å². The van der Waals surface area contributed by atoms with E-state index in [0.29, 0.717) is 0 Å². The highest BCUT2D eigenvalue weighted by atomic mass is 16.3. The SMILES string of the molecule is c1ccc(-c2oc3c4ccccc4c4cc(-c5cccc(N(c6ccc7c(c6)oc6ccccc67)c6ccc7c(c6)oc6ccccc67)c5)ccc4c3c2-c2ccccc2)cc1. The summed E-state index contributed by atoms with van der Waals surface area (Å²) < 4.78 is 19.8. The molecule has 3 heterocycles. The summed E-state index contributed by atoms with van der Waals surface area (Å²) in [6.07, 6.45) is 0. The van der Waals surface area contributed by atoms with Gasteiger partial charge in [-0.25, -0.2) is 0 Å². The van der Waals surface area contributed by atoms with E-state index in [1.807, 2.05) is 30.3 Å². The minimum atomic E-state index is 0.840. The minimum absolute atomic E-state index is 0.840. The van der Waals surface area contributed by atoms with Crippen molar-refractivity contribution in [3.63, 3.8) is 0 Å². The van der Waals surface area contributed by atoms with Gasteiger partial charge < -0.3 is 18.2 Å². The number of rotatable bonds is 6. The molecule has 0 radical (unpaired) electrons. The van der Waals surface area contributed by atoms with E-state index in [1.165, 1.54) is 5.39 Å². The molecule has 0 N–H and O–H groups in total. The zero-order valence-electron chi connectivity index (χ0n) is 33.4. The average molecular weight is 794 g/mol. The molecular formula is C58H35NO3. The molecule has 4 nitrogen and oxygen atoms in total. The standard InChI is InChI=1S/C58H35NO3/c1-3-14-36(15-4-1)55-56-48-29-26-39(33-50(48)43-20-7-8-23-49(43)58(56)62-57(55)37-16-5-2-6-17-37)38-18-13-19-40(32-38)59(41-27-30-46-44-21-9-11-24-51(44)60-53(46)34-41)42-28-31-47-45-22-10-12-25-52(45)61-54(47)35-42/h1-35H. The van der Waals surface area contributed by atoms with Gasteiger partial charge in [0.05, 0.1) is 0 Å². The van der Waals surface area contributed by atoms with E-state index in [0.717, 1.165) is 122 Å². The second-order valence-electron chi connectivity index (χ2n) is 16.0. The molecule has 0 amide bonds. The van der Waals surface area contributed by atoms with E-state index < -0.39 is 0 Å². The summed E-state index contributed by atoms with van der Waals surface area (Å²) in [6.45, 7) is 0. The largest absolute Gasteiger partial charge is 0.456 e. The predicted octanol–water partition coefficient (Wildman–Crippen LogP) is 17.0. The van der Waals surface area contributed by atoms with Gasteiger partial charge in [-0.1, -0.05) is 146 Å². The molecule has 4 heteroatoms. The summed E-state index contributed by atoms with van der Waals surface area (Å²) in [4.78, 5) is 2.30. The highest BCUT2D eigenvalue weighted by Crippen LogP contribution is 2.48. The summed E-state index contributed by atoms with van der Waals surface area (Å²) >= 11 is 0. The van der Waals surface area contributed by atoms with Crippen LogP contribution in [0, 0.1) is 0 Å². The van der Waals surface area contributed by atoms with Gasteiger partial charge in [-0.15, -0.1) is 0 Å². The lowest BCUT2D eigenvalue weighted by molar-refractivity contribution is 0.636. The Kier molecular flexibility index (Phi) is 7.57. The number of fused-ring (bicyclic) bond motifs is 12. The van der Waals surface area contributed by atoms with Crippen LogP contribution in [0.5, 0.6) is 0 Å². The third kappa shape index (κ3) is 5.33. The predicted molar refractivity (Wildman–Crippen MR) is 257 cm³/mol. The molecule has 62 heavy (non-hydrogen) atoms. The Labute approximate surface area is 356 Å². The zero-order valence-corrected chi connectivity index (χ0v) is 33.4. The molecule has 13 aromatic rings. The average Bonchev–Trinajstić information content (AvgIpc) is 4.04. The Morgan fingerprint density at radius 2 is 0.774 bits per heavy atom. The van der Waals surface area contributed by atoms with Crippen LogP contribution in [0.4, 0.5) is 17.1 Å². The van der Waals surface area contributed by atoms with Gasteiger partial charge in [0.15, 0.2) is 0 Å². The van der Waals surface area contributed by atoms with E-state index in [-0.39, 0.29) is 0 Å². The monoisotopic (exact) mass is 793 g/mol. The fourth-order valence-electron chi connectivity index (χ4n) is 9.61. The smallest absolute Gasteiger partial charge is 0.143 e. The molecule has 0 aliphatic rings. The molecular weight excluding hydrogens is 759 g/mol. The summed E-state index contributed by atoms with van der Waals surface area (Å²) in [7, 11) is 0. The van der Waals surface area contributed by atoms with Crippen LogP contribution in [0.3, 0.4) is 0 Å². The quantitative estimate of drug-likeness (QED) is 0.157. The minimum Gasteiger partial charge on any atom is -0.456 e. The Morgan fingerprint density at radius 1 is 0.274 bits per heavy atom. The van der Waals surface area contributed by atoms with E-state index in [2.05, 4.69) is 187 Å². The van der Waals surface area contributed by atoms with Crippen molar-refractivity contribution in [2.75, 3.05) is 4.90 Å². The van der Waals surface area contributed by atoms with Gasteiger partial charge in [0, 0.05) is 72.6 Å². The molecule has 0 aliphatic heterocycles. The lowest BCUT2D eigenvalue weighted by Crippen LogP contribution is -2.09. The molecule has 3 aromatic heterocycles. The van der Waals surface area contributed by atoms with Crippen LogP contribution in [0.15, 0.2) is 226 Å². The molecule has 290 valence electrons. The number of hydrogen-bond donors (Lipinski definition) is 0. The van der Waals surface area contributed by atoms with Crippen LogP contribution in [-0.2, 0) is 0 Å². The lowest BCUT2D eigenvalue weighted by atomic mass is 9.91. The zero-order chi connectivity index (χ0) is 40.7. The second kappa shape index (κ2) is 13.6. The van der Waals surface area contributed by atoms with Crippen LogP contribution in [-0.4, -0.2) is 0 Å². The number of anilines is 3. The van der Waals surface area contributed by atoms with E-state index >= 15 is 0 Å². The van der Waals surface area contributed by atoms with E-state index in [9.17, 15) is 0 Å². The molecule has 0 saturated carbocycles. The fraction of sp³-hybridized carbons (Fsp3) is 0. The van der Waals surface area contributed by atoms with Crippen LogP contribution in [0.25, 0.3) is 110 Å². The Bertz CT molecular complexity index is 3760. The number of benzene rings is 10. The maximum Gasteiger partial charge on any atom is 0.143 e. The number of furan rings is 3. The maximum atomic E-state index is 6.97. The van der Waals surface area contributed by atoms with Crippen molar-refractivity contribution in [2.24, 2.45) is 0 Å². The Hall–Kier alpha value is -8.34.